The number of ether oxygens (including phenoxy) is 1. The maximum absolute atomic E-state index is 12.8. The number of nitrogens with two attached hydrogens (primary N) is 1. The molecule has 112 valence electrons. The summed E-state index contributed by atoms with van der Waals surface area (Å²) in [6.07, 6.45) is 1.39. The molecule has 0 atom stereocenters. The molecule has 0 bridgehead atoms. The number of hydrazone groups is 1. The molecule has 2 aromatic carbocycles. The Hall–Kier alpha value is -3.22. The monoisotopic (exact) mass is 301 g/mol. The fourth-order valence-electron chi connectivity index (χ4n) is 1.54. The second-order valence-corrected chi connectivity index (χ2v) is 4.20. The molecule has 0 spiro atoms. The predicted molar refractivity (Wildman–Crippen MR) is 78.1 cm³/mol. The van der Waals surface area contributed by atoms with Gasteiger partial charge in [-0.05, 0) is 54.1 Å². The Balaban J connectivity index is 1.98. The number of halogens is 1. The van der Waals surface area contributed by atoms with Crippen LogP contribution in [0, 0.1) is 5.82 Å². The van der Waals surface area contributed by atoms with Gasteiger partial charge in [-0.15, -0.1) is 0 Å². The molecule has 7 heteroatoms. The highest BCUT2D eigenvalue weighted by Gasteiger charge is 2.08. The topological polar surface area (TPSA) is 93.8 Å². The van der Waals surface area contributed by atoms with Crippen molar-refractivity contribution in [3.05, 3.63) is 65.5 Å². The molecular formula is C15H12FN3O3. The summed E-state index contributed by atoms with van der Waals surface area (Å²) < 4.78 is 17.9. The van der Waals surface area contributed by atoms with Gasteiger partial charge in [0.1, 0.15) is 11.6 Å². The minimum atomic E-state index is -0.763. The van der Waals surface area contributed by atoms with Crippen molar-refractivity contribution < 1.29 is 18.7 Å². The molecule has 0 aromatic heterocycles. The van der Waals surface area contributed by atoms with Crippen molar-refractivity contribution in [1.82, 2.24) is 5.43 Å². The molecule has 22 heavy (non-hydrogen) atoms. The van der Waals surface area contributed by atoms with Crippen LogP contribution in [0.1, 0.15) is 15.9 Å². The van der Waals surface area contributed by atoms with Crippen molar-refractivity contribution in [2.45, 2.75) is 0 Å². The number of benzene rings is 2. The largest absolute Gasteiger partial charge is 0.423 e. The first-order valence-corrected chi connectivity index (χ1v) is 6.21. The van der Waals surface area contributed by atoms with E-state index in [-0.39, 0.29) is 5.56 Å². The molecular weight excluding hydrogens is 289 g/mol. The lowest BCUT2D eigenvalue weighted by molar-refractivity contribution is 0.0734. The van der Waals surface area contributed by atoms with Crippen LogP contribution in [0.15, 0.2) is 53.6 Å². The van der Waals surface area contributed by atoms with Crippen LogP contribution in [0.5, 0.6) is 5.75 Å². The lowest BCUT2D eigenvalue weighted by Crippen LogP contribution is -2.24. The van der Waals surface area contributed by atoms with Gasteiger partial charge in [-0.2, -0.15) is 5.10 Å². The Morgan fingerprint density at radius 3 is 2.32 bits per heavy atom. The van der Waals surface area contributed by atoms with Gasteiger partial charge in [-0.25, -0.2) is 19.4 Å². The number of hydrogen-bond donors (Lipinski definition) is 2. The SMILES string of the molecule is NC(=O)N/N=C/c1ccc(OC(=O)c2ccc(F)cc2)cc1. The van der Waals surface area contributed by atoms with E-state index in [0.29, 0.717) is 11.3 Å². The molecule has 0 unspecified atom stereocenters. The van der Waals surface area contributed by atoms with E-state index in [1.54, 1.807) is 24.3 Å². The van der Waals surface area contributed by atoms with Crippen molar-refractivity contribution in [2.24, 2.45) is 10.8 Å². The maximum atomic E-state index is 12.8. The number of esters is 1. The van der Waals surface area contributed by atoms with E-state index in [1.165, 1.54) is 30.5 Å². The zero-order valence-corrected chi connectivity index (χ0v) is 11.3. The van der Waals surface area contributed by atoms with E-state index in [9.17, 15) is 14.0 Å². The second kappa shape index (κ2) is 6.98. The number of nitrogens with one attached hydrogen (secondary N) is 1. The van der Waals surface area contributed by atoms with E-state index in [4.69, 9.17) is 10.5 Å². The Labute approximate surface area is 125 Å². The normalized spacial score (nSPS) is 10.4. The van der Waals surface area contributed by atoms with Crippen molar-refractivity contribution in [3.8, 4) is 5.75 Å². The number of amides is 2. The van der Waals surface area contributed by atoms with Crippen molar-refractivity contribution in [2.75, 3.05) is 0 Å². The Morgan fingerprint density at radius 2 is 1.73 bits per heavy atom. The van der Waals surface area contributed by atoms with Crippen LogP contribution in [-0.2, 0) is 0 Å². The van der Waals surface area contributed by atoms with Gasteiger partial charge in [0.05, 0.1) is 11.8 Å². The molecule has 2 aromatic rings. The zero-order chi connectivity index (χ0) is 15.9. The van der Waals surface area contributed by atoms with Gasteiger partial charge in [0.2, 0.25) is 0 Å². The van der Waals surface area contributed by atoms with E-state index in [0.717, 1.165) is 0 Å². The van der Waals surface area contributed by atoms with E-state index in [1.807, 2.05) is 0 Å². The Morgan fingerprint density at radius 1 is 1.09 bits per heavy atom. The Kier molecular flexibility index (Phi) is 4.81. The number of nitrogens with zero attached hydrogens (tertiary/aromatic N) is 1. The molecule has 2 amide bonds. The van der Waals surface area contributed by atoms with Crippen LogP contribution in [0.2, 0.25) is 0 Å². The van der Waals surface area contributed by atoms with Crippen molar-refractivity contribution in [1.29, 1.82) is 0 Å². The third-order valence-corrected chi connectivity index (χ3v) is 2.56. The van der Waals surface area contributed by atoms with E-state index < -0.39 is 17.8 Å². The van der Waals surface area contributed by atoms with Crippen LogP contribution in [-0.4, -0.2) is 18.2 Å². The van der Waals surface area contributed by atoms with Crippen molar-refractivity contribution >= 4 is 18.2 Å². The average molecular weight is 301 g/mol. The molecule has 3 N–H and O–H groups in total. The van der Waals surface area contributed by atoms with E-state index >= 15 is 0 Å². The molecule has 0 aliphatic heterocycles. The number of urea groups is 1. The van der Waals surface area contributed by atoms with Crippen LogP contribution in [0.4, 0.5) is 9.18 Å². The highest BCUT2D eigenvalue weighted by atomic mass is 19.1. The first-order valence-electron chi connectivity index (χ1n) is 6.21. The fraction of sp³-hybridized carbons (Fsp3) is 0. The van der Waals surface area contributed by atoms with Gasteiger partial charge in [0, 0.05) is 0 Å². The zero-order valence-electron chi connectivity index (χ0n) is 11.3. The Bertz CT molecular complexity index is 697. The highest BCUT2D eigenvalue weighted by molar-refractivity contribution is 5.91. The lowest BCUT2D eigenvalue weighted by Gasteiger charge is -2.04. The molecule has 6 nitrogen and oxygen atoms in total. The maximum Gasteiger partial charge on any atom is 0.343 e. The van der Waals surface area contributed by atoms with Crippen LogP contribution >= 0.6 is 0 Å². The fourth-order valence-corrected chi connectivity index (χ4v) is 1.54. The number of carbonyl (C=O) groups excluding carboxylic acids is 2. The predicted octanol–water partition coefficient (Wildman–Crippen LogP) is 2.05. The molecule has 0 aliphatic carbocycles. The lowest BCUT2D eigenvalue weighted by atomic mass is 10.2. The third kappa shape index (κ3) is 4.41. The first kappa shape index (κ1) is 15.2. The van der Waals surface area contributed by atoms with Gasteiger partial charge in [0.15, 0.2) is 0 Å². The van der Waals surface area contributed by atoms with Gasteiger partial charge >= 0.3 is 12.0 Å². The highest BCUT2D eigenvalue weighted by Crippen LogP contribution is 2.14. The molecule has 0 saturated carbocycles. The van der Waals surface area contributed by atoms with Gasteiger partial charge in [0.25, 0.3) is 0 Å². The molecule has 2 rings (SSSR count). The summed E-state index contributed by atoms with van der Waals surface area (Å²) in [7, 11) is 0. The molecule has 0 radical (unpaired) electrons. The first-order chi connectivity index (χ1) is 10.5. The number of rotatable bonds is 4. The summed E-state index contributed by atoms with van der Waals surface area (Å²) in [6, 6.07) is 10.7. The average Bonchev–Trinajstić information content (AvgIpc) is 2.49. The van der Waals surface area contributed by atoms with Gasteiger partial charge in [-0.3, -0.25) is 0 Å². The summed E-state index contributed by atoms with van der Waals surface area (Å²) in [6.45, 7) is 0. The number of hydrogen-bond acceptors (Lipinski definition) is 4. The van der Waals surface area contributed by atoms with Crippen LogP contribution in [0.3, 0.4) is 0 Å². The minimum absolute atomic E-state index is 0.248. The summed E-state index contributed by atoms with van der Waals surface area (Å²) >= 11 is 0. The minimum Gasteiger partial charge on any atom is -0.423 e. The molecule has 0 fully saturated rings. The third-order valence-electron chi connectivity index (χ3n) is 2.56. The van der Waals surface area contributed by atoms with Gasteiger partial charge in [-0.1, -0.05) is 0 Å². The van der Waals surface area contributed by atoms with Gasteiger partial charge < -0.3 is 10.5 Å². The van der Waals surface area contributed by atoms with Crippen LogP contribution in [0.25, 0.3) is 0 Å². The standard InChI is InChI=1S/C15H12FN3O3/c16-12-5-3-11(4-6-12)14(20)22-13-7-1-10(2-8-13)9-18-19-15(17)21/h1-9H,(H3,17,19,21)/b18-9+. The summed E-state index contributed by atoms with van der Waals surface area (Å²) in [5.74, 6) is -0.684. The number of carbonyl (C=O) groups is 2. The molecule has 0 saturated heterocycles. The quantitative estimate of drug-likeness (QED) is 0.391. The van der Waals surface area contributed by atoms with Crippen LogP contribution < -0.4 is 15.9 Å². The smallest absolute Gasteiger partial charge is 0.343 e. The number of primary amides is 1. The molecule has 0 aliphatic rings. The second-order valence-electron chi connectivity index (χ2n) is 4.20. The summed E-state index contributed by atoms with van der Waals surface area (Å²) in [5, 5.41) is 3.59. The summed E-state index contributed by atoms with van der Waals surface area (Å²) in [5.41, 5.74) is 7.84. The van der Waals surface area contributed by atoms with Crippen molar-refractivity contribution in [3.63, 3.8) is 0 Å². The van der Waals surface area contributed by atoms with E-state index in [2.05, 4.69) is 10.5 Å². The summed E-state index contributed by atoms with van der Waals surface area (Å²) in [4.78, 5) is 22.3. The molecule has 0 heterocycles.